The maximum absolute atomic E-state index is 6.53. The molecule has 0 aliphatic carbocycles. The van der Waals surface area contributed by atoms with Gasteiger partial charge in [0.1, 0.15) is 11.2 Å². The molecule has 0 aliphatic heterocycles. The normalized spacial score (nSPS) is 11.8. The molecule has 0 amide bonds. The number of rotatable bonds is 6. The van der Waals surface area contributed by atoms with Gasteiger partial charge in [-0.2, -0.15) is 0 Å². The molecule has 298 valence electrons. The van der Waals surface area contributed by atoms with Gasteiger partial charge in [-0.25, -0.2) is 0 Å². The van der Waals surface area contributed by atoms with E-state index in [1.54, 1.807) is 0 Å². The van der Waals surface area contributed by atoms with E-state index in [0.717, 1.165) is 44.3 Å². The number of hydrogen-bond acceptors (Lipinski definition) is 1. The van der Waals surface area contributed by atoms with Gasteiger partial charge in [0.25, 0.3) is 0 Å². The van der Waals surface area contributed by atoms with E-state index in [9.17, 15) is 0 Å². The monoisotopic (exact) mass is 813 g/mol. The summed E-state index contributed by atoms with van der Waals surface area (Å²) in [6, 6.07) is 86.1. The molecule has 0 N–H and O–H groups in total. The predicted octanol–water partition coefficient (Wildman–Crippen LogP) is 17.3. The maximum Gasteiger partial charge on any atom is 0.143 e. The van der Waals surface area contributed by atoms with Gasteiger partial charge in [-0.1, -0.05) is 188 Å². The Morgan fingerprint density at radius 2 is 0.781 bits per heavy atom. The largest absolute Gasteiger partial charge is 0.455 e. The first kappa shape index (κ1) is 36.2. The molecular formula is C62H39NO. The third-order valence-corrected chi connectivity index (χ3v) is 13.2. The van der Waals surface area contributed by atoms with Crippen molar-refractivity contribution in [1.82, 2.24) is 4.57 Å². The Bertz CT molecular complexity index is 3950. The minimum absolute atomic E-state index is 0.907. The Balaban J connectivity index is 1.07. The highest BCUT2D eigenvalue weighted by Gasteiger charge is 2.21. The van der Waals surface area contributed by atoms with Gasteiger partial charge in [0.15, 0.2) is 0 Å². The van der Waals surface area contributed by atoms with Crippen LogP contribution in [0.2, 0.25) is 0 Å². The van der Waals surface area contributed by atoms with E-state index in [0.29, 0.717) is 0 Å². The van der Waals surface area contributed by atoms with Gasteiger partial charge in [-0.3, -0.25) is 0 Å². The molecule has 0 saturated heterocycles. The molecule has 0 saturated carbocycles. The topological polar surface area (TPSA) is 18.1 Å². The van der Waals surface area contributed by atoms with Gasteiger partial charge in [-0.05, 0) is 120 Å². The fourth-order valence-corrected chi connectivity index (χ4v) is 10.3. The molecule has 64 heavy (non-hydrogen) atoms. The second-order valence-corrected chi connectivity index (χ2v) is 16.8. The second-order valence-electron chi connectivity index (χ2n) is 16.8. The summed E-state index contributed by atoms with van der Waals surface area (Å²) in [5, 5.41) is 9.57. The van der Waals surface area contributed by atoms with Gasteiger partial charge in [0.2, 0.25) is 0 Å². The summed E-state index contributed by atoms with van der Waals surface area (Å²) < 4.78 is 8.98. The van der Waals surface area contributed by atoms with Crippen molar-refractivity contribution in [2.45, 2.75) is 0 Å². The molecule has 2 aromatic heterocycles. The average Bonchev–Trinajstić information content (AvgIpc) is 3.92. The number of fused-ring (bicyclic) bond motifs is 8. The van der Waals surface area contributed by atoms with Crippen LogP contribution in [0.3, 0.4) is 0 Å². The minimum atomic E-state index is 0.907. The first-order valence-corrected chi connectivity index (χ1v) is 22.0. The fourth-order valence-electron chi connectivity index (χ4n) is 10.3. The number of aromatic nitrogens is 1. The maximum atomic E-state index is 6.53. The van der Waals surface area contributed by atoms with Crippen molar-refractivity contribution >= 4 is 65.3 Å². The molecule has 0 unspecified atom stereocenters. The van der Waals surface area contributed by atoms with Gasteiger partial charge in [0.05, 0.1) is 11.0 Å². The summed E-state index contributed by atoms with van der Waals surface area (Å²) in [4.78, 5) is 0. The Kier molecular flexibility index (Phi) is 8.25. The van der Waals surface area contributed by atoms with E-state index in [1.165, 1.54) is 82.3 Å². The first-order valence-electron chi connectivity index (χ1n) is 22.0. The van der Waals surface area contributed by atoms with Crippen molar-refractivity contribution in [2.24, 2.45) is 0 Å². The zero-order valence-corrected chi connectivity index (χ0v) is 34.9. The Hall–Kier alpha value is -8.46. The van der Waals surface area contributed by atoms with Crippen molar-refractivity contribution in [1.29, 1.82) is 0 Å². The van der Waals surface area contributed by atoms with Crippen LogP contribution in [0.4, 0.5) is 0 Å². The third-order valence-electron chi connectivity index (χ3n) is 13.2. The van der Waals surface area contributed by atoms with Crippen molar-refractivity contribution < 1.29 is 4.42 Å². The molecule has 0 bridgehead atoms. The molecule has 0 radical (unpaired) electrons. The number of para-hydroxylation sites is 3. The molecule has 0 spiro atoms. The number of nitrogens with zero attached hydrogens (tertiary/aromatic N) is 1. The predicted molar refractivity (Wildman–Crippen MR) is 270 cm³/mol. The lowest BCUT2D eigenvalue weighted by molar-refractivity contribution is 0.670. The number of hydrogen-bond donors (Lipinski definition) is 0. The van der Waals surface area contributed by atoms with Gasteiger partial charge in [0, 0.05) is 32.8 Å². The van der Waals surface area contributed by atoms with Crippen LogP contribution in [0, 0.1) is 0 Å². The van der Waals surface area contributed by atoms with Gasteiger partial charge in [-0.15, -0.1) is 0 Å². The first-order chi connectivity index (χ1) is 31.7. The fraction of sp³-hybridized carbons (Fsp3) is 0. The van der Waals surface area contributed by atoms with Crippen LogP contribution in [-0.2, 0) is 0 Å². The van der Waals surface area contributed by atoms with Crippen molar-refractivity contribution in [2.75, 3.05) is 0 Å². The number of furan rings is 1. The summed E-state index contributed by atoms with van der Waals surface area (Å²) in [6.07, 6.45) is 0. The van der Waals surface area contributed by atoms with Crippen LogP contribution in [-0.4, -0.2) is 4.57 Å². The molecule has 2 heteroatoms. The minimum Gasteiger partial charge on any atom is -0.455 e. The standard InChI is InChI=1S/C62H39NO/c1-3-16-40(17-4-1)42-20-13-22-45(36-42)60-51-26-7-8-27-52(51)61(46-23-14-21-43(37-46)41-18-5-2-6-19-41)56-39-47(33-34-53(56)60)63-57-30-11-9-24-49(57)55-38-44(32-35-58(55)63)48-28-15-29-54-50-25-10-12-31-59(50)64-62(48)54/h1-39H. The van der Waals surface area contributed by atoms with Crippen LogP contribution in [0.25, 0.3) is 127 Å². The van der Waals surface area contributed by atoms with E-state index >= 15 is 0 Å². The van der Waals surface area contributed by atoms with Crippen LogP contribution in [0.5, 0.6) is 0 Å². The molecule has 2 heterocycles. The SMILES string of the molecule is c1ccc(-c2cccc(-c3c4ccccc4c(-c4cccc(-c5ccccc5)c4)c4cc(-n5c6ccccc6c6cc(-c7cccc8c7oc7ccccc78)ccc65)ccc34)c2)cc1. The van der Waals surface area contributed by atoms with Crippen molar-refractivity contribution in [3.63, 3.8) is 0 Å². The van der Waals surface area contributed by atoms with Crippen LogP contribution in [0.1, 0.15) is 0 Å². The van der Waals surface area contributed by atoms with E-state index in [-0.39, 0.29) is 0 Å². The third kappa shape index (κ3) is 5.73. The number of benzene rings is 11. The average molecular weight is 814 g/mol. The molecule has 13 rings (SSSR count). The lowest BCUT2D eigenvalue weighted by Gasteiger charge is -2.20. The van der Waals surface area contributed by atoms with Crippen molar-refractivity contribution in [3.05, 3.63) is 237 Å². The lowest BCUT2D eigenvalue weighted by Crippen LogP contribution is -1.96. The van der Waals surface area contributed by atoms with E-state index in [1.807, 2.05) is 6.07 Å². The molecule has 11 aromatic carbocycles. The summed E-state index contributed by atoms with van der Waals surface area (Å²) in [6.45, 7) is 0. The van der Waals surface area contributed by atoms with Crippen LogP contribution < -0.4 is 0 Å². The molecule has 2 nitrogen and oxygen atoms in total. The van der Waals surface area contributed by atoms with Crippen molar-refractivity contribution in [3.8, 4) is 61.3 Å². The summed E-state index contributed by atoms with van der Waals surface area (Å²) in [7, 11) is 0. The Morgan fingerprint density at radius 1 is 0.266 bits per heavy atom. The smallest absolute Gasteiger partial charge is 0.143 e. The highest BCUT2D eigenvalue weighted by molar-refractivity contribution is 6.22. The van der Waals surface area contributed by atoms with Crippen LogP contribution in [0.15, 0.2) is 241 Å². The summed E-state index contributed by atoms with van der Waals surface area (Å²) >= 11 is 0. The lowest BCUT2D eigenvalue weighted by atomic mass is 9.84. The molecular weight excluding hydrogens is 775 g/mol. The van der Waals surface area contributed by atoms with E-state index < -0.39 is 0 Å². The Morgan fingerprint density at radius 3 is 1.48 bits per heavy atom. The summed E-state index contributed by atoms with van der Waals surface area (Å²) in [5.74, 6) is 0. The quantitative estimate of drug-likeness (QED) is 0.153. The van der Waals surface area contributed by atoms with E-state index in [4.69, 9.17) is 4.42 Å². The van der Waals surface area contributed by atoms with Gasteiger partial charge >= 0.3 is 0 Å². The molecule has 13 aromatic rings. The van der Waals surface area contributed by atoms with E-state index in [2.05, 4.69) is 235 Å². The zero-order chi connectivity index (χ0) is 42.1. The van der Waals surface area contributed by atoms with Crippen LogP contribution >= 0.6 is 0 Å². The highest BCUT2D eigenvalue weighted by atomic mass is 16.3. The summed E-state index contributed by atoms with van der Waals surface area (Å²) in [5.41, 5.74) is 17.2. The molecule has 0 aliphatic rings. The molecule has 0 atom stereocenters. The Labute approximate surface area is 370 Å². The molecule has 0 fully saturated rings. The highest BCUT2D eigenvalue weighted by Crippen LogP contribution is 2.47. The van der Waals surface area contributed by atoms with Gasteiger partial charge < -0.3 is 8.98 Å². The zero-order valence-electron chi connectivity index (χ0n) is 34.9. The second kappa shape index (κ2) is 14.6.